The van der Waals surface area contributed by atoms with Gasteiger partial charge in [0.15, 0.2) is 11.5 Å². The van der Waals surface area contributed by atoms with Crippen LogP contribution in [0.4, 0.5) is 4.39 Å². The molecule has 4 heterocycles. The Morgan fingerprint density at radius 3 is 2.90 bits per heavy atom. The number of amides is 1. The minimum Gasteiger partial charge on any atom is -0.486 e. The van der Waals surface area contributed by atoms with Crippen LogP contribution >= 0.6 is 11.3 Å². The number of aromatic nitrogens is 4. The summed E-state index contributed by atoms with van der Waals surface area (Å²) in [6, 6.07) is 11.5. The van der Waals surface area contributed by atoms with Gasteiger partial charge in [0.2, 0.25) is 0 Å². The molecule has 1 atom stereocenters. The van der Waals surface area contributed by atoms with Crippen molar-refractivity contribution in [1.82, 2.24) is 24.5 Å². The fourth-order valence-corrected chi connectivity index (χ4v) is 4.82. The Kier molecular flexibility index (Phi) is 5.11. The van der Waals surface area contributed by atoms with Gasteiger partial charge in [-0.2, -0.15) is 0 Å². The lowest BCUT2D eigenvalue weighted by molar-refractivity contribution is 0.0733. The number of rotatable bonds is 5. The van der Waals surface area contributed by atoms with Gasteiger partial charge in [0.05, 0.1) is 11.7 Å². The lowest BCUT2D eigenvalue weighted by atomic mass is 10.2. The standard InChI is InChI=1S/C22H20FN5O2S/c1-14-20(31-19(24-14)13-30-16-9-7-15(23)8-10-16)22(29)27-12-4-5-17(27)21-26-25-18-6-2-3-11-28(18)21/h2-3,6-11,17H,4-5,12-13H2,1H3/t17-/m0/s1. The first-order chi connectivity index (χ1) is 15.1. The number of nitrogens with zero attached hydrogens (tertiary/aromatic N) is 5. The average Bonchev–Trinajstić information content (AvgIpc) is 3.50. The number of fused-ring (bicyclic) bond motifs is 1. The van der Waals surface area contributed by atoms with Crippen LogP contribution in [0.5, 0.6) is 5.75 Å². The second kappa shape index (κ2) is 8.07. The molecule has 0 saturated carbocycles. The number of carbonyl (C=O) groups is 1. The third kappa shape index (κ3) is 3.76. The van der Waals surface area contributed by atoms with Crippen molar-refractivity contribution < 1.29 is 13.9 Å². The van der Waals surface area contributed by atoms with Gasteiger partial charge in [0.25, 0.3) is 5.91 Å². The molecule has 0 aliphatic carbocycles. The van der Waals surface area contributed by atoms with Crippen LogP contribution in [0.3, 0.4) is 0 Å². The van der Waals surface area contributed by atoms with E-state index in [1.54, 1.807) is 12.1 Å². The zero-order valence-corrected chi connectivity index (χ0v) is 17.7. The minimum atomic E-state index is -0.314. The van der Waals surface area contributed by atoms with Crippen LogP contribution in [-0.4, -0.2) is 36.9 Å². The molecule has 0 bridgehead atoms. The largest absolute Gasteiger partial charge is 0.486 e. The molecule has 1 aliphatic heterocycles. The third-order valence-electron chi connectivity index (χ3n) is 5.36. The highest BCUT2D eigenvalue weighted by Crippen LogP contribution is 2.34. The summed E-state index contributed by atoms with van der Waals surface area (Å²) >= 11 is 1.34. The number of hydrogen-bond donors (Lipinski definition) is 0. The Balaban J connectivity index is 1.35. The van der Waals surface area contributed by atoms with E-state index in [9.17, 15) is 9.18 Å². The number of aryl methyl sites for hydroxylation is 1. The molecule has 1 aromatic carbocycles. The third-order valence-corrected chi connectivity index (χ3v) is 6.48. The van der Waals surface area contributed by atoms with E-state index in [1.807, 2.05) is 40.6 Å². The van der Waals surface area contributed by atoms with Gasteiger partial charge in [-0.05, 0) is 56.2 Å². The van der Waals surface area contributed by atoms with Gasteiger partial charge in [-0.25, -0.2) is 9.37 Å². The van der Waals surface area contributed by atoms with E-state index < -0.39 is 0 Å². The molecule has 0 radical (unpaired) electrons. The van der Waals surface area contributed by atoms with Crippen molar-refractivity contribution in [2.24, 2.45) is 0 Å². The number of carbonyl (C=O) groups excluding carboxylic acids is 1. The predicted molar refractivity (Wildman–Crippen MR) is 114 cm³/mol. The number of likely N-dealkylation sites (tertiary alicyclic amines) is 1. The smallest absolute Gasteiger partial charge is 0.266 e. The lowest BCUT2D eigenvalue weighted by Crippen LogP contribution is -2.31. The normalized spacial score (nSPS) is 16.2. The second-order valence-corrected chi connectivity index (χ2v) is 8.49. The van der Waals surface area contributed by atoms with Crippen molar-refractivity contribution in [1.29, 1.82) is 0 Å². The molecular weight excluding hydrogens is 417 g/mol. The SMILES string of the molecule is Cc1nc(COc2ccc(F)cc2)sc1C(=O)N1CCC[C@H]1c1nnc2ccccn12. The summed E-state index contributed by atoms with van der Waals surface area (Å²) < 4.78 is 20.7. The minimum absolute atomic E-state index is 0.0433. The number of hydrogen-bond acceptors (Lipinski definition) is 6. The van der Waals surface area contributed by atoms with E-state index in [-0.39, 0.29) is 24.4 Å². The summed E-state index contributed by atoms with van der Waals surface area (Å²) in [7, 11) is 0. The monoisotopic (exact) mass is 437 g/mol. The van der Waals surface area contributed by atoms with Crippen LogP contribution in [0.2, 0.25) is 0 Å². The Morgan fingerprint density at radius 2 is 2.06 bits per heavy atom. The van der Waals surface area contributed by atoms with Crippen molar-refractivity contribution in [2.45, 2.75) is 32.4 Å². The quantitative estimate of drug-likeness (QED) is 0.468. The molecule has 0 spiro atoms. The summed E-state index contributed by atoms with van der Waals surface area (Å²) in [4.78, 5) is 20.4. The highest BCUT2D eigenvalue weighted by atomic mass is 32.1. The van der Waals surface area contributed by atoms with E-state index in [0.29, 0.717) is 27.9 Å². The molecule has 1 saturated heterocycles. The molecule has 9 heteroatoms. The molecule has 158 valence electrons. The summed E-state index contributed by atoms with van der Waals surface area (Å²) in [5.74, 6) is 0.980. The summed E-state index contributed by atoms with van der Waals surface area (Å²) in [5, 5.41) is 9.30. The highest BCUT2D eigenvalue weighted by Gasteiger charge is 2.35. The van der Waals surface area contributed by atoms with E-state index in [2.05, 4.69) is 15.2 Å². The second-order valence-electron chi connectivity index (χ2n) is 7.41. The van der Waals surface area contributed by atoms with Crippen LogP contribution in [0.25, 0.3) is 5.65 Å². The maximum atomic E-state index is 13.4. The lowest BCUT2D eigenvalue weighted by Gasteiger charge is -2.23. The van der Waals surface area contributed by atoms with E-state index in [0.717, 1.165) is 24.3 Å². The molecular formula is C22H20FN5O2S. The number of thiazole rings is 1. The molecule has 31 heavy (non-hydrogen) atoms. The van der Waals surface area contributed by atoms with Gasteiger partial charge in [0.1, 0.15) is 28.1 Å². The molecule has 0 N–H and O–H groups in total. The fraction of sp³-hybridized carbons (Fsp3) is 0.273. The van der Waals surface area contributed by atoms with E-state index in [4.69, 9.17) is 4.74 Å². The predicted octanol–water partition coefficient (Wildman–Crippen LogP) is 4.19. The maximum Gasteiger partial charge on any atom is 0.266 e. The molecule has 5 rings (SSSR count). The van der Waals surface area contributed by atoms with Gasteiger partial charge >= 0.3 is 0 Å². The first-order valence-corrected chi connectivity index (χ1v) is 10.9. The Bertz CT molecular complexity index is 1240. The number of halogens is 1. The number of pyridine rings is 1. The molecule has 3 aromatic heterocycles. The molecule has 7 nitrogen and oxygen atoms in total. The van der Waals surface area contributed by atoms with Gasteiger partial charge in [-0.3, -0.25) is 9.20 Å². The van der Waals surface area contributed by atoms with Crippen LogP contribution in [-0.2, 0) is 6.61 Å². The molecule has 1 fully saturated rings. The van der Waals surface area contributed by atoms with Crippen LogP contribution in [0.1, 0.15) is 45.1 Å². The van der Waals surface area contributed by atoms with Crippen molar-refractivity contribution in [3.63, 3.8) is 0 Å². The zero-order valence-electron chi connectivity index (χ0n) is 16.9. The topological polar surface area (TPSA) is 72.6 Å². The number of ether oxygens (including phenoxy) is 1. The van der Waals surface area contributed by atoms with Gasteiger partial charge in [-0.15, -0.1) is 21.5 Å². The Hall–Kier alpha value is -3.33. The molecule has 1 aliphatic rings. The first-order valence-electron chi connectivity index (χ1n) is 10.1. The molecule has 0 unspecified atom stereocenters. The Labute approximate surface area is 182 Å². The first kappa shape index (κ1) is 19.6. The van der Waals surface area contributed by atoms with Crippen LogP contribution < -0.4 is 4.74 Å². The Morgan fingerprint density at radius 1 is 1.23 bits per heavy atom. The fourth-order valence-electron chi connectivity index (χ4n) is 3.88. The summed E-state index contributed by atoms with van der Waals surface area (Å²) in [5.41, 5.74) is 1.45. The van der Waals surface area contributed by atoms with Crippen LogP contribution in [0.15, 0.2) is 48.7 Å². The average molecular weight is 438 g/mol. The maximum absolute atomic E-state index is 13.4. The van der Waals surface area contributed by atoms with Crippen molar-refractivity contribution >= 4 is 22.9 Å². The van der Waals surface area contributed by atoms with E-state index >= 15 is 0 Å². The van der Waals surface area contributed by atoms with Gasteiger partial charge in [-0.1, -0.05) is 6.07 Å². The zero-order chi connectivity index (χ0) is 21.4. The van der Waals surface area contributed by atoms with Crippen LogP contribution in [0, 0.1) is 12.7 Å². The van der Waals surface area contributed by atoms with Crippen molar-refractivity contribution in [3.8, 4) is 5.75 Å². The summed E-state index contributed by atoms with van der Waals surface area (Å²) in [6.07, 6.45) is 3.69. The van der Waals surface area contributed by atoms with Crippen molar-refractivity contribution in [2.75, 3.05) is 6.54 Å². The number of benzene rings is 1. The molecule has 4 aromatic rings. The van der Waals surface area contributed by atoms with Gasteiger partial charge in [0, 0.05) is 12.7 Å². The molecule has 1 amide bonds. The van der Waals surface area contributed by atoms with E-state index in [1.165, 1.54) is 23.5 Å². The summed E-state index contributed by atoms with van der Waals surface area (Å²) in [6.45, 7) is 2.73. The van der Waals surface area contributed by atoms with Crippen molar-refractivity contribution in [3.05, 3.63) is 75.9 Å². The van der Waals surface area contributed by atoms with Gasteiger partial charge < -0.3 is 9.64 Å². The highest BCUT2D eigenvalue weighted by molar-refractivity contribution is 7.13.